The average Bonchev–Trinajstić information content (AvgIpc) is 2.96. The molecule has 0 radical (unpaired) electrons. The summed E-state index contributed by atoms with van der Waals surface area (Å²) in [7, 11) is 0. The van der Waals surface area contributed by atoms with Crippen LogP contribution in [0.4, 0.5) is 4.39 Å². The summed E-state index contributed by atoms with van der Waals surface area (Å²) in [6, 6.07) is 8.35. The van der Waals surface area contributed by atoms with Gasteiger partial charge < -0.3 is 9.64 Å². The first-order valence-electron chi connectivity index (χ1n) is 9.71. The minimum atomic E-state index is -0.247. The summed E-state index contributed by atoms with van der Waals surface area (Å²) in [5.41, 5.74) is 3.26. The molecule has 3 heterocycles. The van der Waals surface area contributed by atoms with Gasteiger partial charge in [0.05, 0.1) is 17.8 Å². The van der Waals surface area contributed by atoms with Gasteiger partial charge in [0.25, 0.3) is 5.56 Å². The SMILES string of the molecule is Cc1cc(F)cc(C)c1COC1=CC(n2ccccc2=O)=CN2C1=NC(C)C2C. The molecule has 2 aliphatic rings. The number of allylic oxidation sites excluding steroid dienone is 2. The van der Waals surface area contributed by atoms with E-state index in [1.165, 1.54) is 18.2 Å². The zero-order valence-corrected chi connectivity index (χ0v) is 17.0. The van der Waals surface area contributed by atoms with Crippen LogP contribution in [-0.2, 0) is 11.3 Å². The number of hydrogen-bond acceptors (Lipinski definition) is 4. The van der Waals surface area contributed by atoms with Gasteiger partial charge in [-0.1, -0.05) is 6.07 Å². The molecule has 0 spiro atoms. The number of aromatic nitrogens is 1. The summed E-state index contributed by atoms with van der Waals surface area (Å²) in [4.78, 5) is 19.1. The Bertz CT molecular complexity index is 1090. The van der Waals surface area contributed by atoms with Gasteiger partial charge in [0.1, 0.15) is 12.4 Å². The number of hydrogen-bond donors (Lipinski definition) is 0. The van der Waals surface area contributed by atoms with Crippen molar-refractivity contribution in [1.29, 1.82) is 0 Å². The zero-order chi connectivity index (χ0) is 20.7. The highest BCUT2D eigenvalue weighted by Gasteiger charge is 2.34. The number of benzene rings is 1. The predicted molar refractivity (Wildman–Crippen MR) is 112 cm³/mol. The predicted octanol–water partition coefficient (Wildman–Crippen LogP) is 4.01. The van der Waals surface area contributed by atoms with Gasteiger partial charge >= 0.3 is 0 Å². The number of halogens is 1. The van der Waals surface area contributed by atoms with Crippen molar-refractivity contribution in [3.63, 3.8) is 0 Å². The van der Waals surface area contributed by atoms with Crippen LogP contribution in [0.25, 0.3) is 5.70 Å². The maximum atomic E-state index is 13.6. The Morgan fingerprint density at radius 1 is 1.17 bits per heavy atom. The van der Waals surface area contributed by atoms with Gasteiger partial charge in [-0.05, 0) is 62.6 Å². The second kappa shape index (κ2) is 7.35. The third-order valence-electron chi connectivity index (χ3n) is 5.61. The van der Waals surface area contributed by atoms with Gasteiger partial charge in [0.2, 0.25) is 0 Å². The van der Waals surface area contributed by atoms with Crippen molar-refractivity contribution in [3.8, 4) is 0 Å². The number of amidine groups is 1. The third kappa shape index (κ3) is 3.50. The van der Waals surface area contributed by atoms with Crippen LogP contribution in [0, 0.1) is 19.7 Å². The molecule has 0 bridgehead atoms. The first-order valence-corrected chi connectivity index (χ1v) is 9.71. The highest BCUT2D eigenvalue weighted by atomic mass is 19.1. The van der Waals surface area contributed by atoms with E-state index in [0.717, 1.165) is 28.2 Å². The van der Waals surface area contributed by atoms with Gasteiger partial charge in [-0.3, -0.25) is 14.4 Å². The minimum Gasteiger partial charge on any atom is -0.485 e. The van der Waals surface area contributed by atoms with E-state index in [1.54, 1.807) is 16.8 Å². The van der Waals surface area contributed by atoms with Crippen molar-refractivity contribution >= 4 is 11.5 Å². The summed E-state index contributed by atoms with van der Waals surface area (Å²) in [5, 5.41) is 0. The highest BCUT2D eigenvalue weighted by molar-refractivity contribution is 6.02. The maximum Gasteiger partial charge on any atom is 0.255 e. The lowest BCUT2D eigenvalue weighted by Crippen LogP contribution is -2.36. The lowest BCUT2D eigenvalue weighted by atomic mass is 10.0. The molecule has 0 fully saturated rings. The van der Waals surface area contributed by atoms with E-state index in [-0.39, 0.29) is 23.5 Å². The van der Waals surface area contributed by atoms with Crippen LogP contribution in [0.1, 0.15) is 30.5 Å². The fraction of sp³-hybridized carbons (Fsp3) is 0.304. The molecule has 1 aromatic heterocycles. The van der Waals surface area contributed by atoms with Crippen LogP contribution in [0.5, 0.6) is 0 Å². The quantitative estimate of drug-likeness (QED) is 0.789. The number of aryl methyl sites for hydroxylation is 2. The number of fused-ring (bicyclic) bond motifs is 1. The Morgan fingerprint density at radius 3 is 2.59 bits per heavy atom. The third-order valence-corrected chi connectivity index (χ3v) is 5.61. The molecular formula is C23H24FN3O2. The second-order valence-electron chi connectivity index (χ2n) is 7.62. The Labute approximate surface area is 169 Å². The van der Waals surface area contributed by atoms with E-state index in [2.05, 4.69) is 18.7 Å². The summed E-state index contributed by atoms with van der Waals surface area (Å²) in [6.45, 7) is 8.21. The van der Waals surface area contributed by atoms with Crippen molar-refractivity contribution in [2.45, 2.75) is 46.4 Å². The summed E-state index contributed by atoms with van der Waals surface area (Å²) >= 11 is 0. The fourth-order valence-electron chi connectivity index (χ4n) is 3.74. The number of rotatable bonds is 4. The largest absolute Gasteiger partial charge is 0.485 e. The maximum absolute atomic E-state index is 13.6. The normalized spacial score (nSPS) is 20.7. The second-order valence-corrected chi connectivity index (χ2v) is 7.62. The Hall–Kier alpha value is -3.15. The van der Waals surface area contributed by atoms with E-state index in [9.17, 15) is 9.18 Å². The molecule has 6 heteroatoms. The van der Waals surface area contributed by atoms with E-state index in [0.29, 0.717) is 12.4 Å². The van der Waals surface area contributed by atoms with Crippen LogP contribution < -0.4 is 5.56 Å². The molecule has 2 atom stereocenters. The van der Waals surface area contributed by atoms with E-state index < -0.39 is 0 Å². The summed E-state index contributed by atoms with van der Waals surface area (Å²) < 4.78 is 21.4. The average molecular weight is 393 g/mol. The summed E-state index contributed by atoms with van der Waals surface area (Å²) in [5.74, 6) is 1.12. The Kier molecular flexibility index (Phi) is 4.86. The first kappa shape index (κ1) is 19.2. The molecule has 0 aliphatic carbocycles. The molecular weight excluding hydrogens is 369 g/mol. The fourth-order valence-corrected chi connectivity index (χ4v) is 3.74. The number of aliphatic imine (C=N–C) groups is 1. The molecule has 2 unspecified atom stereocenters. The highest BCUT2D eigenvalue weighted by Crippen LogP contribution is 2.30. The molecule has 0 N–H and O–H groups in total. The van der Waals surface area contributed by atoms with Gasteiger partial charge in [-0.25, -0.2) is 4.39 Å². The molecule has 0 saturated carbocycles. The number of pyridine rings is 1. The molecule has 0 saturated heterocycles. The van der Waals surface area contributed by atoms with E-state index in [1.807, 2.05) is 32.2 Å². The molecule has 5 nitrogen and oxygen atoms in total. The van der Waals surface area contributed by atoms with Crippen molar-refractivity contribution in [2.24, 2.45) is 4.99 Å². The van der Waals surface area contributed by atoms with Gasteiger partial charge in [0.15, 0.2) is 11.6 Å². The minimum absolute atomic E-state index is 0.106. The van der Waals surface area contributed by atoms with Crippen molar-refractivity contribution in [1.82, 2.24) is 9.47 Å². The lowest BCUT2D eigenvalue weighted by molar-refractivity contribution is 0.210. The molecule has 4 rings (SSSR count). The smallest absolute Gasteiger partial charge is 0.255 e. The van der Waals surface area contributed by atoms with Gasteiger partial charge in [0, 0.05) is 24.5 Å². The standard InChI is InChI=1S/C23H24FN3O2/c1-14-9-18(24)10-15(2)20(14)13-29-21-11-19(26-8-6-5-7-22(26)28)12-27-17(4)16(3)25-23(21)27/h5-12,16-17H,13H2,1-4H3. The topological polar surface area (TPSA) is 46.8 Å². The Balaban J connectivity index is 1.71. The molecule has 0 amide bonds. The van der Waals surface area contributed by atoms with Gasteiger partial charge in [-0.15, -0.1) is 0 Å². The van der Waals surface area contributed by atoms with Crippen LogP contribution >= 0.6 is 0 Å². The lowest BCUT2D eigenvalue weighted by Gasteiger charge is -2.29. The van der Waals surface area contributed by atoms with E-state index in [4.69, 9.17) is 9.73 Å². The number of ether oxygens (including phenoxy) is 1. The van der Waals surface area contributed by atoms with Crippen molar-refractivity contribution < 1.29 is 9.13 Å². The molecule has 1 aromatic carbocycles. The van der Waals surface area contributed by atoms with E-state index >= 15 is 0 Å². The molecule has 150 valence electrons. The first-order chi connectivity index (χ1) is 13.8. The van der Waals surface area contributed by atoms with Crippen LogP contribution in [0.3, 0.4) is 0 Å². The van der Waals surface area contributed by atoms with Crippen LogP contribution in [0.2, 0.25) is 0 Å². The van der Waals surface area contributed by atoms with Crippen molar-refractivity contribution in [2.75, 3.05) is 0 Å². The van der Waals surface area contributed by atoms with Crippen molar-refractivity contribution in [3.05, 3.63) is 87.4 Å². The number of nitrogens with zero attached hydrogens (tertiary/aromatic N) is 3. The molecule has 2 aliphatic heterocycles. The monoisotopic (exact) mass is 393 g/mol. The van der Waals surface area contributed by atoms with Gasteiger partial charge in [-0.2, -0.15) is 0 Å². The Morgan fingerprint density at radius 2 is 1.90 bits per heavy atom. The van der Waals surface area contributed by atoms with Crippen LogP contribution in [0.15, 0.2) is 64.4 Å². The zero-order valence-electron chi connectivity index (χ0n) is 17.0. The molecule has 29 heavy (non-hydrogen) atoms. The molecule has 2 aromatic rings. The summed E-state index contributed by atoms with van der Waals surface area (Å²) in [6.07, 6.45) is 5.52. The van der Waals surface area contributed by atoms with Crippen LogP contribution in [-0.4, -0.2) is 27.4 Å².